The van der Waals surface area contributed by atoms with E-state index in [1.165, 1.54) is 11.1 Å². The van der Waals surface area contributed by atoms with Crippen molar-refractivity contribution in [3.63, 3.8) is 0 Å². The lowest BCUT2D eigenvalue weighted by Gasteiger charge is -2.31. The van der Waals surface area contributed by atoms with Crippen molar-refractivity contribution in [2.45, 2.75) is 32.4 Å². The van der Waals surface area contributed by atoms with Crippen LogP contribution >= 0.6 is 0 Å². The van der Waals surface area contributed by atoms with Gasteiger partial charge >= 0.3 is 5.97 Å². The Labute approximate surface area is 125 Å². The minimum absolute atomic E-state index is 0.00768. The van der Waals surface area contributed by atoms with Crippen LogP contribution in [0, 0.1) is 0 Å². The van der Waals surface area contributed by atoms with Crippen LogP contribution in [0.4, 0.5) is 0 Å². The first kappa shape index (κ1) is 15.5. The summed E-state index contributed by atoms with van der Waals surface area (Å²) in [5, 5.41) is 9.13. The molecule has 0 aliphatic carbocycles. The van der Waals surface area contributed by atoms with Crippen molar-refractivity contribution in [3.8, 4) is 0 Å². The van der Waals surface area contributed by atoms with Crippen LogP contribution in [0.5, 0.6) is 0 Å². The lowest BCUT2D eigenvalue weighted by molar-refractivity contribution is -0.144. The number of nitrogens with zero attached hydrogens (tertiary/aromatic N) is 2. The number of aliphatic carboxylic acids is 1. The van der Waals surface area contributed by atoms with Gasteiger partial charge in [-0.05, 0) is 31.0 Å². The maximum atomic E-state index is 12.4. The molecule has 0 fully saturated rings. The monoisotopic (exact) mass is 290 g/mol. The van der Waals surface area contributed by atoms with Crippen LogP contribution < -0.4 is 0 Å². The number of hydrogen-bond donors (Lipinski definition) is 1. The zero-order chi connectivity index (χ0) is 15.4. The van der Waals surface area contributed by atoms with Crippen LogP contribution in [0.15, 0.2) is 24.3 Å². The number of benzene rings is 1. The molecule has 1 aliphatic heterocycles. The highest BCUT2D eigenvalue weighted by molar-refractivity contribution is 5.80. The normalized spacial score (nSPS) is 15.7. The minimum atomic E-state index is -0.878. The molecule has 1 atom stereocenters. The Bertz CT molecular complexity index is 530. The van der Waals surface area contributed by atoms with Crippen LogP contribution in [0.25, 0.3) is 0 Å². The molecule has 1 amide bonds. The Morgan fingerprint density at radius 1 is 1.33 bits per heavy atom. The summed E-state index contributed by atoms with van der Waals surface area (Å²) in [6.45, 7) is 3.28. The summed E-state index contributed by atoms with van der Waals surface area (Å²) in [7, 11) is 1.69. The predicted octanol–water partition coefficient (Wildman–Crippen LogP) is 1.37. The van der Waals surface area contributed by atoms with Crippen molar-refractivity contribution in [1.29, 1.82) is 0 Å². The number of carbonyl (C=O) groups excluding carboxylic acids is 1. The molecular formula is C16H22N2O3. The molecule has 0 aromatic heterocycles. The molecule has 1 heterocycles. The van der Waals surface area contributed by atoms with Crippen molar-refractivity contribution in [1.82, 2.24) is 9.80 Å². The van der Waals surface area contributed by atoms with Gasteiger partial charge in [0.05, 0.1) is 6.54 Å². The highest BCUT2D eigenvalue weighted by Gasteiger charge is 2.26. The Morgan fingerprint density at radius 2 is 2.00 bits per heavy atom. The number of likely N-dealkylation sites (N-methyl/N-ethyl adjacent to an activating group) is 1. The van der Waals surface area contributed by atoms with Gasteiger partial charge in [-0.2, -0.15) is 0 Å². The molecule has 2 rings (SSSR count). The van der Waals surface area contributed by atoms with E-state index in [1.807, 2.05) is 30.0 Å². The number of amides is 1. The largest absolute Gasteiger partial charge is 0.480 e. The van der Waals surface area contributed by atoms with Gasteiger partial charge in [0.25, 0.3) is 0 Å². The lowest BCUT2D eigenvalue weighted by Crippen LogP contribution is -2.46. The Morgan fingerprint density at radius 3 is 2.62 bits per heavy atom. The summed E-state index contributed by atoms with van der Waals surface area (Å²) in [4.78, 5) is 26.9. The third-order valence-corrected chi connectivity index (χ3v) is 4.07. The van der Waals surface area contributed by atoms with E-state index in [4.69, 9.17) is 5.11 Å². The third kappa shape index (κ3) is 3.61. The average Bonchev–Trinajstić information content (AvgIpc) is 2.47. The van der Waals surface area contributed by atoms with Gasteiger partial charge in [-0.15, -0.1) is 0 Å². The van der Waals surface area contributed by atoms with Crippen LogP contribution in [0.2, 0.25) is 0 Å². The van der Waals surface area contributed by atoms with Gasteiger partial charge in [-0.3, -0.25) is 14.5 Å². The quantitative estimate of drug-likeness (QED) is 0.889. The number of rotatable bonds is 5. The highest BCUT2D eigenvalue weighted by Crippen LogP contribution is 2.18. The van der Waals surface area contributed by atoms with E-state index in [1.54, 1.807) is 11.9 Å². The SMILES string of the molecule is CCC(C(=O)O)N(C)CC(=O)N1CCc2ccccc2C1. The van der Waals surface area contributed by atoms with E-state index in [9.17, 15) is 9.59 Å². The molecule has 0 bridgehead atoms. The first-order valence-electron chi connectivity index (χ1n) is 7.30. The summed E-state index contributed by atoms with van der Waals surface area (Å²) in [6, 6.07) is 7.54. The van der Waals surface area contributed by atoms with Gasteiger partial charge in [0.1, 0.15) is 6.04 Å². The first-order chi connectivity index (χ1) is 10.0. The van der Waals surface area contributed by atoms with E-state index in [0.29, 0.717) is 19.5 Å². The smallest absolute Gasteiger partial charge is 0.320 e. The molecule has 1 unspecified atom stereocenters. The fourth-order valence-corrected chi connectivity index (χ4v) is 2.81. The van der Waals surface area contributed by atoms with E-state index in [-0.39, 0.29) is 12.5 Å². The Hall–Kier alpha value is -1.88. The fraction of sp³-hybridized carbons (Fsp3) is 0.500. The topological polar surface area (TPSA) is 60.9 Å². The zero-order valence-corrected chi connectivity index (χ0v) is 12.6. The van der Waals surface area contributed by atoms with Gasteiger partial charge in [0.15, 0.2) is 0 Å². The molecular weight excluding hydrogens is 268 g/mol. The second-order valence-electron chi connectivity index (χ2n) is 5.51. The summed E-state index contributed by atoms with van der Waals surface area (Å²) in [5.74, 6) is -0.886. The predicted molar refractivity (Wildman–Crippen MR) is 79.9 cm³/mol. The molecule has 0 spiro atoms. The molecule has 1 N–H and O–H groups in total. The van der Waals surface area contributed by atoms with E-state index < -0.39 is 12.0 Å². The standard InChI is InChI=1S/C16H22N2O3/c1-3-14(16(20)21)17(2)11-15(19)18-9-8-12-6-4-5-7-13(12)10-18/h4-7,14H,3,8-11H2,1-2H3,(H,20,21). The highest BCUT2D eigenvalue weighted by atomic mass is 16.4. The summed E-state index contributed by atoms with van der Waals surface area (Å²) >= 11 is 0. The molecule has 1 aromatic rings. The number of fused-ring (bicyclic) bond motifs is 1. The average molecular weight is 290 g/mol. The second-order valence-corrected chi connectivity index (χ2v) is 5.51. The minimum Gasteiger partial charge on any atom is -0.480 e. The van der Waals surface area contributed by atoms with Crippen LogP contribution in [-0.2, 0) is 22.6 Å². The summed E-state index contributed by atoms with van der Waals surface area (Å²) < 4.78 is 0. The Kier molecular flexibility index (Phi) is 4.96. The number of carboxylic acids is 1. The molecule has 1 aliphatic rings. The number of hydrogen-bond acceptors (Lipinski definition) is 3. The summed E-state index contributed by atoms with van der Waals surface area (Å²) in [6.07, 6.45) is 1.35. The molecule has 0 saturated heterocycles. The fourth-order valence-electron chi connectivity index (χ4n) is 2.81. The number of carbonyl (C=O) groups is 2. The molecule has 0 radical (unpaired) electrons. The van der Waals surface area contributed by atoms with E-state index in [0.717, 1.165) is 6.42 Å². The Balaban J connectivity index is 1.97. The maximum absolute atomic E-state index is 12.4. The zero-order valence-electron chi connectivity index (χ0n) is 12.6. The molecule has 0 saturated carbocycles. The van der Waals surface area contributed by atoms with Crippen LogP contribution in [-0.4, -0.2) is 53.0 Å². The van der Waals surface area contributed by atoms with Gasteiger partial charge in [0.2, 0.25) is 5.91 Å². The maximum Gasteiger partial charge on any atom is 0.320 e. The van der Waals surface area contributed by atoms with Crippen LogP contribution in [0.1, 0.15) is 24.5 Å². The lowest BCUT2D eigenvalue weighted by atomic mass is 10.00. The molecule has 21 heavy (non-hydrogen) atoms. The molecule has 5 heteroatoms. The van der Waals surface area contributed by atoms with Gasteiger partial charge in [-0.25, -0.2) is 0 Å². The van der Waals surface area contributed by atoms with E-state index >= 15 is 0 Å². The van der Waals surface area contributed by atoms with Crippen LogP contribution in [0.3, 0.4) is 0 Å². The molecule has 1 aromatic carbocycles. The van der Waals surface area contributed by atoms with Crippen molar-refractivity contribution < 1.29 is 14.7 Å². The van der Waals surface area contributed by atoms with E-state index in [2.05, 4.69) is 6.07 Å². The second kappa shape index (κ2) is 6.72. The van der Waals surface area contributed by atoms with Crippen molar-refractivity contribution in [2.75, 3.05) is 20.1 Å². The molecule has 114 valence electrons. The van der Waals surface area contributed by atoms with Crippen molar-refractivity contribution in [3.05, 3.63) is 35.4 Å². The number of carboxylic acid groups (broad SMARTS) is 1. The summed E-state index contributed by atoms with van der Waals surface area (Å²) in [5.41, 5.74) is 2.48. The van der Waals surface area contributed by atoms with Crippen molar-refractivity contribution in [2.24, 2.45) is 0 Å². The first-order valence-corrected chi connectivity index (χ1v) is 7.30. The van der Waals surface area contributed by atoms with Crippen molar-refractivity contribution >= 4 is 11.9 Å². The van der Waals surface area contributed by atoms with Gasteiger partial charge in [-0.1, -0.05) is 31.2 Å². The van der Waals surface area contributed by atoms with Gasteiger partial charge < -0.3 is 10.0 Å². The molecule has 5 nitrogen and oxygen atoms in total. The van der Waals surface area contributed by atoms with Gasteiger partial charge in [0, 0.05) is 13.1 Å². The third-order valence-electron chi connectivity index (χ3n) is 4.07.